The van der Waals surface area contributed by atoms with Gasteiger partial charge in [-0.2, -0.15) is 0 Å². The van der Waals surface area contributed by atoms with Gasteiger partial charge in [0.1, 0.15) is 11.2 Å². The molecule has 2 aromatic heterocycles. The van der Waals surface area contributed by atoms with E-state index in [1.54, 1.807) is 12.3 Å². The van der Waals surface area contributed by atoms with E-state index in [2.05, 4.69) is 22.8 Å². The van der Waals surface area contributed by atoms with Crippen LogP contribution in [0.15, 0.2) is 72.9 Å². The van der Waals surface area contributed by atoms with Crippen LogP contribution in [0, 0.1) is 0 Å². The van der Waals surface area contributed by atoms with Crippen LogP contribution in [-0.4, -0.2) is 45.2 Å². The third-order valence-corrected chi connectivity index (χ3v) is 6.98. The molecule has 3 N–H and O–H groups in total. The Morgan fingerprint density at radius 1 is 1.00 bits per heavy atom. The van der Waals surface area contributed by atoms with Gasteiger partial charge in [0.05, 0.1) is 29.1 Å². The number of rotatable bonds is 7. The first-order chi connectivity index (χ1) is 18.7. The standard InChI is InChI=1S/C31H34N4O4/c1-30(2,3)39-29(38)34-31(16-7-17-31)24-13-10-21(11-14-24)26-27(22-8-5-4-6-9-22)35-20-23(12-15-25(35)33-26)28(37)32-18-19-36/h4-6,8-15,20,36H,7,16-19H2,1-3H3,(H,32,37)(H,34,38). The summed E-state index contributed by atoms with van der Waals surface area (Å²) in [5.74, 6) is -0.257. The number of imidazole rings is 1. The molecular weight excluding hydrogens is 492 g/mol. The minimum atomic E-state index is -0.560. The largest absolute Gasteiger partial charge is 0.444 e. The first-order valence-electron chi connectivity index (χ1n) is 13.3. The molecule has 1 saturated carbocycles. The Morgan fingerprint density at radius 3 is 2.33 bits per heavy atom. The van der Waals surface area contributed by atoms with Crippen LogP contribution >= 0.6 is 0 Å². The molecule has 0 unspecified atom stereocenters. The smallest absolute Gasteiger partial charge is 0.408 e. The van der Waals surface area contributed by atoms with Crippen molar-refractivity contribution in [3.8, 4) is 22.5 Å². The first kappa shape index (κ1) is 26.4. The average molecular weight is 527 g/mol. The molecule has 0 bridgehead atoms. The van der Waals surface area contributed by atoms with E-state index in [0.717, 1.165) is 47.3 Å². The molecule has 39 heavy (non-hydrogen) atoms. The molecule has 1 fully saturated rings. The van der Waals surface area contributed by atoms with Gasteiger partial charge >= 0.3 is 6.09 Å². The summed E-state index contributed by atoms with van der Waals surface area (Å²) in [5.41, 5.74) is 4.81. The van der Waals surface area contributed by atoms with Gasteiger partial charge in [0.2, 0.25) is 0 Å². The molecule has 2 amide bonds. The van der Waals surface area contributed by atoms with Crippen LogP contribution in [0.25, 0.3) is 28.2 Å². The fraction of sp³-hybridized carbons (Fsp3) is 0.323. The molecule has 5 rings (SSSR count). The van der Waals surface area contributed by atoms with Crippen LogP contribution < -0.4 is 10.6 Å². The van der Waals surface area contributed by atoms with Gasteiger partial charge in [-0.05, 0) is 57.7 Å². The van der Waals surface area contributed by atoms with Crippen molar-refractivity contribution >= 4 is 17.6 Å². The number of aliphatic hydroxyl groups is 1. The minimum Gasteiger partial charge on any atom is -0.444 e. The number of nitrogens with one attached hydrogen (secondary N) is 2. The number of pyridine rings is 1. The highest BCUT2D eigenvalue weighted by molar-refractivity contribution is 5.94. The molecule has 8 heteroatoms. The maximum absolute atomic E-state index is 12.6. The molecule has 4 aromatic rings. The van der Waals surface area contributed by atoms with Gasteiger partial charge in [-0.3, -0.25) is 9.20 Å². The van der Waals surface area contributed by atoms with Crippen molar-refractivity contribution in [1.82, 2.24) is 20.0 Å². The van der Waals surface area contributed by atoms with Crippen LogP contribution in [0.5, 0.6) is 0 Å². The van der Waals surface area contributed by atoms with Crippen LogP contribution in [0.4, 0.5) is 4.79 Å². The molecule has 0 saturated heterocycles. The average Bonchev–Trinajstić information content (AvgIpc) is 3.28. The number of ether oxygens (including phenoxy) is 1. The molecule has 2 aromatic carbocycles. The van der Waals surface area contributed by atoms with Crippen LogP contribution in [0.2, 0.25) is 0 Å². The Labute approximate surface area is 228 Å². The zero-order valence-corrected chi connectivity index (χ0v) is 22.5. The number of hydrogen-bond acceptors (Lipinski definition) is 5. The highest BCUT2D eigenvalue weighted by atomic mass is 16.6. The van der Waals surface area contributed by atoms with E-state index < -0.39 is 17.2 Å². The van der Waals surface area contributed by atoms with E-state index in [-0.39, 0.29) is 19.1 Å². The molecule has 202 valence electrons. The van der Waals surface area contributed by atoms with Crippen molar-refractivity contribution in [2.75, 3.05) is 13.2 Å². The normalized spacial score (nSPS) is 14.5. The fourth-order valence-electron chi connectivity index (χ4n) is 4.99. The summed E-state index contributed by atoms with van der Waals surface area (Å²) in [5, 5.41) is 14.9. The second-order valence-electron chi connectivity index (χ2n) is 10.9. The monoisotopic (exact) mass is 526 g/mol. The lowest BCUT2D eigenvalue weighted by atomic mass is 9.71. The molecule has 0 atom stereocenters. The predicted octanol–water partition coefficient (Wildman–Crippen LogP) is 5.29. The Kier molecular flexibility index (Phi) is 7.14. The van der Waals surface area contributed by atoms with E-state index in [0.29, 0.717) is 11.2 Å². The van der Waals surface area contributed by atoms with Crippen molar-refractivity contribution < 1.29 is 19.4 Å². The van der Waals surface area contributed by atoms with Gasteiger partial charge in [-0.25, -0.2) is 9.78 Å². The SMILES string of the molecule is CC(C)(C)OC(=O)NC1(c2ccc(-c3nc4ccc(C(=O)NCCO)cn4c3-c3ccccc3)cc2)CCC1. The summed E-state index contributed by atoms with van der Waals surface area (Å²) in [4.78, 5) is 30.1. The van der Waals surface area contributed by atoms with Crippen molar-refractivity contribution in [2.45, 2.75) is 51.2 Å². The van der Waals surface area contributed by atoms with Gasteiger partial charge in [-0.15, -0.1) is 0 Å². The van der Waals surface area contributed by atoms with Crippen molar-refractivity contribution in [2.24, 2.45) is 0 Å². The minimum absolute atomic E-state index is 0.122. The molecule has 8 nitrogen and oxygen atoms in total. The van der Waals surface area contributed by atoms with Crippen molar-refractivity contribution in [3.63, 3.8) is 0 Å². The Balaban J connectivity index is 1.52. The Hall–Kier alpha value is -4.17. The van der Waals surface area contributed by atoms with Crippen molar-refractivity contribution in [1.29, 1.82) is 0 Å². The number of benzene rings is 2. The van der Waals surface area contributed by atoms with Gasteiger partial charge in [0.15, 0.2) is 0 Å². The summed E-state index contributed by atoms with van der Waals surface area (Å²) in [6, 6.07) is 21.7. The number of aromatic nitrogens is 2. The highest BCUT2D eigenvalue weighted by Gasteiger charge is 2.41. The van der Waals surface area contributed by atoms with Gasteiger partial charge < -0.3 is 20.5 Å². The Bertz CT molecular complexity index is 1480. The molecule has 1 aliphatic rings. The topological polar surface area (TPSA) is 105 Å². The highest BCUT2D eigenvalue weighted by Crippen LogP contribution is 2.42. The second kappa shape index (κ2) is 10.5. The quantitative estimate of drug-likeness (QED) is 0.303. The summed E-state index contributed by atoms with van der Waals surface area (Å²) in [7, 11) is 0. The zero-order chi connectivity index (χ0) is 27.6. The number of carbonyl (C=O) groups is 2. The third-order valence-electron chi connectivity index (χ3n) is 6.98. The van der Waals surface area contributed by atoms with Gasteiger partial charge in [0.25, 0.3) is 5.91 Å². The van der Waals surface area contributed by atoms with Crippen molar-refractivity contribution in [3.05, 3.63) is 84.1 Å². The number of hydrogen-bond donors (Lipinski definition) is 3. The molecule has 0 radical (unpaired) electrons. The van der Waals surface area contributed by atoms with E-state index in [9.17, 15) is 9.59 Å². The van der Waals surface area contributed by atoms with E-state index in [1.807, 2.05) is 73.7 Å². The zero-order valence-electron chi connectivity index (χ0n) is 22.5. The Morgan fingerprint density at radius 2 is 1.72 bits per heavy atom. The van der Waals surface area contributed by atoms with E-state index in [1.165, 1.54) is 0 Å². The van der Waals surface area contributed by atoms with Crippen LogP contribution in [0.1, 0.15) is 56.0 Å². The van der Waals surface area contributed by atoms with E-state index in [4.69, 9.17) is 14.8 Å². The molecule has 0 spiro atoms. The lowest BCUT2D eigenvalue weighted by Crippen LogP contribution is -2.52. The van der Waals surface area contributed by atoms with Crippen LogP contribution in [0.3, 0.4) is 0 Å². The van der Waals surface area contributed by atoms with E-state index >= 15 is 0 Å². The summed E-state index contributed by atoms with van der Waals surface area (Å²) < 4.78 is 7.46. The molecule has 1 aliphatic carbocycles. The predicted molar refractivity (Wildman–Crippen MR) is 150 cm³/mol. The number of fused-ring (bicyclic) bond motifs is 1. The molecule has 0 aliphatic heterocycles. The second-order valence-corrected chi connectivity index (χ2v) is 10.9. The number of alkyl carbamates (subject to hydrolysis) is 1. The third kappa shape index (κ3) is 5.52. The number of nitrogens with zero attached hydrogens (tertiary/aromatic N) is 2. The van der Waals surface area contributed by atoms with Crippen LogP contribution in [-0.2, 0) is 10.3 Å². The maximum Gasteiger partial charge on any atom is 0.408 e. The first-order valence-corrected chi connectivity index (χ1v) is 13.3. The number of aliphatic hydroxyl groups excluding tert-OH is 1. The summed E-state index contributed by atoms with van der Waals surface area (Å²) in [6.45, 7) is 5.65. The fourth-order valence-corrected chi connectivity index (χ4v) is 4.99. The lowest BCUT2D eigenvalue weighted by Gasteiger charge is -2.43. The maximum atomic E-state index is 12.6. The molecular formula is C31H34N4O4. The summed E-state index contributed by atoms with van der Waals surface area (Å²) >= 11 is 0. The number of carbonyl (C=O) groups excluding carboxylic acids is 2. The lowest BCUT2D eigenvalue weighted by molar-refractivity contribution is 0.0377. The number of amides is 2. The summed E-state index contributed by atoms with van der Waals surface area (Å²) in [6.07, 6.45) is 4.13. The van der Waals surface area contributed by atoms with Gasteiger partial charge in [0, 0.05) is 23.9 Å². The molecule has 2 heterocycles. The van der Waals surface area contributed by atoms with Gasteiger partial charge in [-0.1, -0.05) is 54.6 Å².